The molecule has 0 spiro atoms. The van der Waals surface area contributed by atoms with Crippen LogP contribution >= 0.6 is 0 Å². The minimum absolute atomic E-state index is 0.134. The summed E-state index contributed by atoms with van der Waals surface area (Å²) >= 11 is 0. The van der Waals surface area contributed by atoms with Crippen LogP contribution < -0.4 is 0 Å². The molecular weight excluding hydrogens is 639 g/mol. The molecular formula is C44H68F2N4O. The molecule has 2 aromatic carbocycles. The molecule has 0 unspecified atom stereocenters. The molecule has 0 aliphatic rings. The van der Waals surface area contributed by atoms with Crippen molar-refractivity contribution in [2.45, 2.75) is 121 Å². The fourth-order valence-corrected chi connectivity index (χ4v) is 4.63. The lowest BCUT2D eigenvalue weighted by atomic mass is 10.1. The zero-order valence-corrected chi connectivity index (χ0v) is 34.2. The number of nitrogens with zero attached hydrogens (tertiary/aromatic N) is 4. The molecule has 1 aromatic heterocycles. The minimum atomic E-state index is -0.919. The van der Waals surface area contributed by atoms with E-state index in [-0.39, 0.29) is 11.3 Å². The second-order valence-corrected chi connectivity index (χ2v) is 11.9. The van der Waals surface area contributed by atoms with Crippen LogP contribution in [-0.4, -0.2) is 53.5 Å². The molecule has 1 heterocycles. The molecule has 7 heteroatoms. The number of carbonyl (C=O) groups is 1. The quantitative estimate of drug-likeness (QED) is 0.131. The van der Waals surface area contributed by atoms with Crippen molar-refractivity contribution in [1.29, 1.82) is 0 Å². The third kappa shape index (κ3) is 21.9. The van der Waals surface area contributed by atoms with Crippen molar-refractivity contribution in [2.24, 2.45) is 4.99 Å². The van der Waals surface area contributed by atoms with Gasteiger partial charge in [0.15, 0.2) is 23.2 Å². The number of hydrogen-bond donors (Lipinski definition) is 0. The Balaban J connectivity index is 0. The average Bonchev–Trinajstić information content (AvgIpc) is 3.13. The fraction of sp³-hybridized carbons (Fsp3) is 0.500. The summed E-state index contributed by atoms with van der Waals surface area (Å²) in [6, 6.07) is 11.0. The Hall–Kier alpha value is -3.84. The Bertz CT molecular complexity index is 1410. The van der Waals surface area contributed by atoms with Gasteiger partial charge in [0.2, 0.25) is 0 Å². The van der Waals surface area contributed by atoms with Crippen LogP contribution in [0.4, 0.5) is 8.78 Å². The topological polar surface area (TPSA) is 58.5 Å². The summed E-state index contributed by atoms with van der Waals surface area (Å²) in [5, 5.41) is 0. The van der Waals surface area contributed by atoms with Gasteiger partial charge in [-0.05, 0) is 114 Å². The van der Waals surface area contributed by atoms with Gasteiger partial charge in [0, 0.05) is 36.1 Å². The Morgan fingerprint density at radius 1 is 0.843 bits per heavy atom. The number of unbranched alkanes of at least 4 members (excludes halogenated alkanes) is 2. The largest absolute Gasteiger partial charge is 0.306 e. The van der Waals surface area contributed by atoms with E-state index >= 15 is 0 Å². The monoisotopic (exact) mass is 707 g/mol. The van der Waals surface area contributed by atoms with Crippen LogP contribution in [-0.2, 0) is 11.2 Å². The van der Waals surface area contributed by atoms with Crippen molar-refractivity contribution in [2.75, 3.05) is 27.2 Å². The lowest BCUT2D eigenvalue weighted by molar-refractivity contribution is -0.112. The average molecular weight is 707 g/mol. The SMILES string of the molecule is CC.CC/C=C(/C)c1cnc(-c2cccc(CC)c2)nc1.CCCCC.CCCN(C)CCC.CN=C(/C=C\C(C)=O)c1cc(C)c(F)c(F)c1. The van der Waals surface area contributed by atoms with Gasteiger partial charge in [-0.3, -0.25) is 9.79 Å². The van der Waals surface area contributed by atoms with Crippen LogP contribution in [0.3, 0.4) is 0 Å². The van der Waals surface area contributed by atoms with Crippen LogP contribution in [0.1, 0.15) is 130 Å². The van der Waals surface area contributed by atoms with E-state index < -0.39 is 11.6 Å². The number of hydrogen-bond acceptors (Lipinski definition) is 5. The first-order valence-corrected chi connectivity index (χ1v) is 18.8. The van der Waals surface area contributed by atoms with E-state index in [1.54, 1.807) is 0 Å². The maximum absolute atomic E-state index is 13.2. The predicted molar refractivity (Wildman–Crippen MR) is 219 cm³/mol. The third-order valence-electron chi connectivity index (χ3n) is 7.35. The number of allylic oxidation sites excluding steroid dienone is 4. The number of aryl methyl sites for hydroxylation is 2. The maximum Gasteiger partial charge on any atom is 0.161 e. The molecule has 3 rings (SSSR count). The first kappa shape index (κ1) is 49.3. The second kappa shape index (κ2) is 30.9. The number of carbonyl (C=O) groups excluding carboxylic acids is 1. The van der Waals surface area contributed by atoms with Crippen molar-refractivity contribution in [3.63, 3.8) is 0 Å². The molecule has 0 aliphatic heterocycles. The van der Waals surface area contributed by atoms with Gasteiger partial charge in [-0.2, -0.15) is 0 Å². The highest BCUT2D eigenvalue weighted by molar-refractivity contribution is 6.11. The second-order valence-electron chi connectivity index (χ2n) is 11.9. The van der Waals surface area contributed by atoms with Crippen molar-refractivity contribution in [3.8, 4) is 11.4 Å². The number of benzene rings is 2. The zero-order valence-electron chi connectivity index (χ0n) is 34.2. The molecule has 0 saturated carbocycles. The zero-order chi connectivity index (χ0) is 39.2. The van der Waals surface area contributed by atoms with Crippen LogP contribution in [0.25, 0.3) is 17.0 Å². The van der Waals surface area contributed by atoms with E-state index in [1.165, 1.54) is 95.4 Å². The normalized spacial score (nSPS) is 11.0. The van der Waals surface area contributed by atoms with E-state index in [0.29, 0.717) is 11.3 Å². The molecule has 0 atom stereocenters. The molecule has 0 bridgehead atoms. The summed E-state index contributed by atoms with van der Waals surface area (Å²) in [6.45, 7) is 24.6. The Labute approximate surface area is 310 Å². The van der Waals surface area contributed by atoms with Crippen LogP contribution in [0.2, 0.25) is 0 Å². The summed E-state index contributed by atoms with van der Waals surface area (Å²) < 4.78 is 26.3. The molecule has 0 amide bonds. The highest BCUT2D eigenvalue weighted by atomic mass is 19.2. The van der Waals surface area contributed by atoms with Crippen molar-refractivity contribution < 1.29 is 13.6 Å². The molecule has 5 nitrogen and oxygen atoms in total. The van der Waals surface area contributed by atoms with Crippen LogP contribution in [0, 0.1) is 18.6 Å². The Morgan fingerprint density at radius 3 is 1.86 bits per heavy atom. The number of halogens is 2. The van der Waals surface area contributed by atoms with Crippen molar-refractivity contribution in [1.82, 2.24) is 14.9 Å². The molecule has 51 heavy (non-hydrogen) atoms. The molecule has 0 radical (unpaired) electrons. The molecule has 0 fully saturated rings. The molecule has 0 aliphatic carbocycles. The van der Waals surface area contributed by atoms with Gasteiger partial charge in [-0.15, -0.1) is 0 Å². The molecule has 3 aromatic rings. The van der Waals surface area contributed by atoms with E-state index in [2.05, 4.69) is 106 Å². The van der Waals surface area contributed by atoms with E-state index in [9.17, 15) is 13.6 Å². The highest BCUT2D eigenvalue weighted by Gasteiger charge is 2.10. The first-order chi connectivity index (χ1) is 24.4. The van der Waals surface area contributed by atoms with Gasteiger partial charge >= 0.3 is 0 Å². The maximum atomic E-state index is 13.2. The highest BCUT2D eigenvalue weighted by Crippen LogP contribution is 2.19. The van der Waals surface area contributed by atoms with Crippen molar-refractivity contribution in [3.05, 3.63) is 101 Å². The van der Waals surface area contributed by atoms with Gasteiger partial charge in [-0.25, -0.2) is 18.7 Å². The molecule has 0 saturated heterocycles. The number of aliphatic imine (C=N–C) groups is 1. The summed E-state index contributed by atoms with van der Waals surface area (Å²) in [6.07, 6.45) is 17.5. The number of ketones is 1. The van der Waals surface area contributed by atoms with Gasteiger partial charge in [0.25, 0.3) is 0 Å². The fourth-order valence-electron chi connectivity index (χ4n) is 4.63. The third-order valence-corrected chi connectivity index (χ3v) is 7.35. The van der Waals surface area contributed by atoms with E-state index in [1.807, 2.05) is 26.2 Å². The smallest absolute Gasteiger partial charge is 0.161 e. The predicted octanol–water partition coefficient (Wildman–Crippen LogP) is 12.3. The Kier molecular flexibility index (Phi) is 29.9. The van der Waals surface area contributed by atoms with E-state index in [0.717, 1.165) is 35.9 Å². The lowest BCUT2D eigenvalue weighted by Crippen LogP contribution is -2.19. The minimum Gasteiger partial charge on any atom is -0.306 e. The summed E-state index contributed by atoms with van der Waals surface area (Å²) in [5.74, 6) is -1.12. The van der Waals surface area contributed by atoms with E-state index in [4.69, 9.17) is 0 Å². The standard InChI is InChI=1S/C17H20N2.C13H13F2NO.C7H17N.C5H12.C2H6/c1-4-7-13(3)16-11-18-17(19-12-16)15-9-6-8-14(5-2)10-15;1-8-6-10(7-11(14)13(8)15)12(16-3)5-4-9(2)17;1-4-6-8(3)7-5-2;1-3-5-4-2;1-2/h6-12H,4-5H2,1-3H3;4-7H,1-3H3;4-7H2,1-3H3;3-5H2,1-2H3;1-2H3/b13-7-;5-4-,16-12?;;;. The van der Waals surface area contributed by atoms with Gasteiger partial charge in [-0.1, -0.05) is 98.9 Å². The molecule has 0 N–H and O–H groups in total. The summed E-state index contributed by atoms with van der Waals surface area (Å²) in [7, 11) is 3.70. The number of aromatic nitrogens is 2. The van der Waals surface area contributed by atoms with Gasteiger partial charge in [0.1, 0.15) is 0 Å². The van der Waals surface area contributed by atoms with Gasteiger partial charge < -0.3 is 4.90 Å². The summed E-state index contributed by atoms with van der Waals surface area (Å²) in [4.78, 5) is 26.1. The Morgan fingerprint density at radius 2 is 1.43 bits per heavy atom. The van der Waals surface area contributed by atoms with Crippen LogP contribution in [0.15, 0.2) is 72.0 Å². The van der Waals surface area contributed by atoms with Gasteiger partial charge in [0.05, 0.1) is 5.71 Å². The van der Waals surface area contributed by atoms with Crippen LogP contribution in [0.5, 0.6) is 0 Å². The summed E-state index contributed by atoms with van der Waals surface area (Å²) in [5.41, 5.74) is 5.81. The lowest BCUT2D eigenvalue weighted by Gasteiger charge is -2.12. The number of rotatable bonds is 13. The van der Waals surface area contributed by atoms with Crippen molar-refractivity contribution >= 4 is 17.1 Å². The molecule has 284 valence electrons. The first-order valence-electron chi connectivity index (χ1n) is 18.8.